The van der Waals surface area contributed by atoms with Crippen LogP contribution in [-0.4, -0.2) is 36.2 Å². The van der Waals surface area contributed by atoms with Gasteiger partial charge in [-0.1, -0.05) is 12.1 Å². The molecule has 1 rings (SSSR count). The van der Waals surface area contributed by atoms with Gasteiger partial charge in [-0.05, 0) is 31.0 Å². The fourth-order valence-electron chi connectivity index (χ4n) is 1.32. The van der Waals surface area contributed by atoms with Crippen LogP contribution in [0.2, 0.25) is 0 Å². The van der Waals surface area contributed by atoms with E-state index in [1.54, 1.807) is 12.1 Å². The molecule has 0 heterocycles. The number of carbonyl (C=O) groups excluding carboxylic acids is 1. The van der Waals surface area contributed by atoms with Gasteiger partial charge in [0.15, 0.2) is 6.10 Å². The molecular formula is C13H16FNO4. The van der Waals surface area contributed by atoms with E-state index in [2.05, 4.69) is 5.32 Å². The van der Waals surface area contributed by atoms with Crippen molar-refractivity contribution in [3.8, 4) is 0 Å². The Kier molecular flexibility index (Phi) is 5.95. The highest BCUT2D eigenvalue weighted by Crippen LogP contribution is 2.02. The van der Waals surface area contributed by atoms with Gasteiger partial charge in [-0.25, -0.2) is 9.18 Å². The first kappa shape index (κ1) is 15.1. The van der Waals surface area contributed by atoms with Crippen molar-refractivity contribution in [2.45, 2.75) is 19.4 Å². The summed E-state index contributed by atoms with van der Waals surface area (Å²) in [6, 6.07) is 6.00. The minimum absolute atomic E-state index is 0.295. The maximum Gasteiger partial charge on any atom is 0.332 e. The van der Waals surface area contributed by atoms with Crippen LogP contribution in [0.4, 0.5) is 4.39 Å². The molecule has 0 saturated heterocycles. The molecule has 0 aliphatic heterocycles. The monoisotopic (exact) mass is 269 g/mol. The third-order valence-electron chi connectivity index (χ3n) is 2.46. The molecule has 6 heteroatoms. The second-order valence-electron chi connectivity index (χ2n) is 4.02. The van der Waals surface area contributed by atoms with E-state index in [1.165, 1.54) is 19.1 Å². The number of hydrogen-bond donors (Lipinski definition) is 2. The molecule has 1 unspecified atom stereocenters. The number of ether oxygens (including phenoxy) is 1. The summed E-state index contributed by atoms with van der Waals surface area (Å²) in [4.78, 5) is 21.8. The van der Waals surface area contributed by atoms with Gasteiger partial charge in [-0.3, -0.25) is 4.79 Å². The first-order valence-electron chi connectivity index (χ1n) is 5.84. The lowest BCUT2D eigenvalue weighted by molar-refractivity contribution is -0.150. The van der Waals surface area contributed by atoms with Gasteiger partial charge in [0.2, 0.25) is 5.91 Å². The first-order valence-corrected chi connectivity index (χ1v) is 5.84. The van der Waals surface area contributed by atoms with E-state index in [9.17, 15) is 14.0 Å². The lowest BCUT2D eigenvalue weighted by Crippen LogP contribution is -2.32. The molecule has 2 N–H and O–H groups in total. The maximum absolute atomic E-state index is 12.6. The van der Waals surface area contributed by atoms with E-state index in [4.69, 9.17) is 9.84 Å². The zero-order chi connectivity index (χ0) is 14.3. The van der Waals surface area contributed by atoms with E-state index in [0.29, 0.717) is 13.0 Å². The standard InChI is InChI=1S/C13H16FNO4/c1-9(13(17)18)19-8-12(16)15-7-6-10-2-4-11(14)5-3-10/h2-5,9H,6-8H2,1H3,(H,15,16)(H,17,18). The van der Waals surface area contributed by atoms with E-state index >= 15 is 0 Å². The Bertz CT molecular complexity index is 433. The molecule has 0 bridgehead atoms. The zero-order valence-electron chi connectivity index (χ0n) is 10.6. The van der Waals surface area contributed by atoms with Crippen molar-refractivity contribution in [2.24, 2.45) is 0 Å². The quantitative estimate of drug-likeness (QED) is 0.773. The minimum atomic E-state index is -1.11. The Morgan fingerprint density at radius 1 is 1.37 bits per heavy atom. The predicted octanol–water partition coefficient (Wildman–Crippen LogP) is 0.974. The van der Waals surface area contributed by atoms with Gasteiger partial charge < -0.3 is 15.2 Å². The summed E-state index contributed by atoms with van der Waals surface area (Å²) < 4.78 is 17.5. The molecule has 1 amide bonds. The fourth-order valence-corrected chi connectivity index (χ4v) is 1.32. The molecule has 0 aliphatic carbocycles. The van der Waals surface area contributed by atoms with Crippen molar-refractivity contribution in [1.29, 1.82) is 0 Å². The molecule has 0 radical (unpaired) electrons. The van der Waals surface area contributed by atoms with Crippen LogP contribution < -0.4 is 5.32 Å². The van der Waals surface area contributed by atoms with Crippen molar-refractivity contribution in [1.82, 2.24) is 5.32 Å². The van der Waals surface area contributed by atoms with Crippen molar-refractivity contribution in [3.05, 3.63) is 35.6 Å². The lowest BCUT2D eigenvalue weighted by atomic mass is 10.1. The molecule has 5 nitrogen and oxygen atoms in total. The molecule has 1 aromatic carbocycles. The van der Waals surface area contributed by atoms with Gasteiger partial charge >= 0.3 is 5.97 Å². The number of carbonyl (C=O) groups is 2. The van der Waals surface area contributed by atoms with Crippen LogP contribution in [0, 0.1) is 5.82 Å². The van der Waals surface area contributed by atoms with Crippen LogP contribution in [0.1, 0.15) is 12.5 Å². The Hall–Kier alpha value is -1.95. The van der Waals surface area contributed by atoms with E-state index in [0.717, 1.165) is 5.56 Å². The molecule has 0 spiro atoms. The number of carboxylic acid groups (broad SMARTS) is 1. The highest BCUT2D eigenvalue weighted by Gasteiger charge is 2.12. The Labute approximate surface area is 110 Å². The van der Waals surface area contributed by atoms with Crippen LogP contribution in [-0.2, 0) is 20.7 Å². The van der Waals surface area contributed by atoms with Crippen LogP contribution in [0.25, 0.3) is 0 Å². The highest BCUT2D eigenvalue weighted by atomic mass is 19.1. The van der Waals surface area contributed by atoms with Gasteiger partial charge in [-0.2, -0.15) is 0 Å². The molecule has 19 heavy (non-hydrogen) atoms. The number of nitrogens with one attached hydrogen (secondary N) is 1. The SMILES string of the molecule is CC(OCC(=O)NCCc1ccc(F)cc1)C(=O)O. The van der Waals surface area contributed by atoms with Crippen LogP contribution in [0.3, 0.4) is 0 Å². The molecular weight excluding hydrogens is 253 g/mol. The molecule has 1 atom stereocenters. The normalized spacial score (nSPS) is 11.9. The third-order valence-corrected chi connectivity index (χ3v) is 2.46. The molecule has 104 valence electrons. The summed E-state index contributed by atoms with van der Waals surface area (Å²) in [6.45, 7) is 1.44. The number of aliphatic carboxylic acids is 1. The van der Waals surface area contributed by atoms with Crippen molar-refractivity contribution >= 4 is 11.9 Å². The number of hydrogen-bond acceptors (Lipinski definition) is 3. The van der Waals surface area contributed by atoms with Gasteiger partial charge in [0.25, 0.3) is 0 Å². The molecule has 0 fully saturated rings. The first-order chi connectivity index (χ1) is 8.99. The zero-order valence-corrected chi connectivity index (χ0v) is 10.6. The lowest BCUT2D eigenvalue weighted by Gasteiger charge is -2.09. The Morgan fingerprint density at radius 2 is 2.00 bits per heavy atom. The van der Waals surface area contributed by atoms with Crippen molar-refractivity contribution in [2.75, 3.05) is 13.2 Å². The summed E-state index contributed by atoms with van der Waals surface area (Å²) in [5, 5.41) is 11.1. The second kappa shape index (κ2) is 7.48. The van der Waals surface area contributed by atoms with Gasteiger partial charge in [0.05, 0.1) is 0 Å². The van der Waals surface area contributed by atoms with Crippen molar-refractivity contribution < 1.29 is 23.8 Å². The van der Waals surface area contributed by atoms with Crippen LogP contribution in [0.5, 0.6) is 0 Å². The van der Waals surface area contributed by atoms with E-state index in [-0.39, 0.29) is 18.3 Å². The van der Waals surface area contributed by atoms with Gasteiger partial charge in [0, 0.05) is 6.54 Å². The van der Waals surface area contributed by atoms with Gasteiger partial charge in [0.1, 0.15) is 12.4 Å². The second-order valence-corrected chi connectivity index (χ2v) is 4.02. The molecule has 0 aliphatic rings. The van der Waals surface area contributed by atoms with E-state index in [1.807, 2.05) is 0 Å². The summed E-state index contributed by atoms with van der Waals surface area (Å²) in [7, 11) is 0. The van der Waals surface area contributed by atoms with Crippen LogP contribution >= 0.6 is 0 Å². The number of benzene rings is 1. The summed E-state index contributed by atoms with van der Waals surface area (Å²) in [5.74, 6) is -1.79. The largest absolute Gasteiger partial charge is 0.479 e. The molecule has 0 aromatic heterocycles. The molecule has 0 saturated carbocycles. The molecule has 1 aromatic rings. The predicted molar refractivity (Wildman–Crippen MR) is 66.2 cm³/mol. The average molecular weight is 269 g/mol. The summed E-state index contributed by atoms with van der Waals surface area (Å²) in [6.07, 6.45) is -0.441. The van der Waals surface area contributed by atoms with Gasteiger partial charge in [-0.15, -0.1) is 0 Å². The Morgan fingerprint density at radius 3 is 2.58 bits per heavy atom. The number of amides is 1. The highest BCUT2D eigenvalue weighted by molar-refractivity contribution is 5.78. The summed E-state index contributed by atoms with van der Waals surface area (Å²) in [5.41, 5.74) is 0.904. The van der Waals surface area contributed by atoms with Crippen molar-refractivity contribution in [3.63, 3.8) is 0 Å². The number of halogens is 1. The third kappa shape index (κ3) is 5.96. The minimum Gasteiger partial charge on any atom is -0.479 e. The topological polar surface area (TPSA) is 75.6 Å². The smallest absolute Gasteiger partial charge is 0.332 e. The average Bonchev–Trinajstić information content (AvgIpc) is 2.38. The van der Waals surface area contributed by atoms with E-state index < -0.39 is 12.1 Å². The number of carboxylic acids is 1. The number of rotatable bonds is 7. The Balaban J connectivity index is 2.20. The summed E-state index contributed by atoms with van der Waals surface area (Å²) >= 11 is 0. The fraction of sp³-hybridized carbons (Fsp3) is 0.385. The van der Waals surface area contributed by atoms with Crippen LogP contribution in [0.15, 0.2) is 24.3 Å². The maximum atomic E-state index is 12.6.